The summed E-state index contributed by atoms with van der Waals surface area (Å²) >= 11 is 3.82. The van der Waals surface area contributed by atoms with E-state index in [2.05, 4.69) is 39.2 Å². The lowest BCUT2D eigenvalue weighted by Crippen LogP contribution is -2.44. The van der Waals surface area contributed by atoms with Crippen LogP contribution in [0.2, 0.25) is 0 Å². The number of hydrogen-bond acceptors (Lipinski definition) is 11. The summed E-state index contributed by atoms with van der Waals surface area (Å²) in [6.45, 7) is 2.15. The average Bonchev–Trinajstić information content (AvgIpc) is 3.06. The third-order valence-electron chi connectivity index (χ3n) is 7.49. The van der Waals surface area contributed by atoms with Crippen molar-refractivity contribution >= 4 is 47.3 Å². The number of aliphatic carboxylic acids is 1. The van der Waals surface area contributed by atoms with Crippen LogP contribution < -0.4 is 26.6 Å². The Kier molecular flexibility index (Phi) is 25.2. The molecule has 1 fully saturated rings. The van der Waals surface area contributed by atoms with Gasteiger partial charge < -0.3 is 50.6 Å². The van der Waals surface area contributed by atoms with Gasteiger partial charge in [-0.3, -0.25) is 24.0 Å². The Bertz CT molecular complexity index is 969. The van der Waals surface area contributed by atoms with Crippen LogP contribution in [0.5, 0.6) is 0 Å². The van der Waals surface area contributed by atoms with Crippen molar-refractivity contribution in [3.8, 4) is 0 Å². The van der Waals surface area contributed by atoms with Gasteiger partial charge in [-0.25, -0.2) is 4.79 Å². The summed E-state index contributed by atoms with van der Waals surface area (Å²) in [5.74, 6) is -2.45. The minimum Gasteiger partial charge on any atom is -0.480 e. The number of hydrogen-bond donors (Lipinski definition) is 7. The molecule has 0 spiro atoms. The van der Waals surface area contributed by atoms with Crippen molar-refractivity contribution in [3.05, 3.63) is 0 Å². The van der Waals surface area contributed by atoms with Crippen LogP contribution in [0.25, 0.3) is 0 Å². The van der Waals surface area contributed by atoms with Crippen LogP contribution in [-0.4, -0.2) is 131 Å². The highest BCUT2D eigenvalue weighted by molar-refractivity contribution is 7.96. The van der Waals surface area contributed by atoms with Gasteiger partial charge in [0.25, 0.3) is 0 Å². The SMILES string of the molecule is CNC(CCCCNC(=O)COCCOCCNC(=O)COCCOCCNC(=O)CCC(NC(=O)C1CCCCC1)C(=O)O)C(=O)S. The Morgan fingerprint density at radius 1 is 0.688 bits per heavy atom. The maximum Gasteiger partial charge on any atom is 0.326 e. The van der Waals surface area contributed by atoms with Gasteiger partial charge in [-0.1, -0.05) is 19.3 Å². The lowest BCUT2D eigenvalue weighted by Gasteiger charge is -2.23. The van der Waals surface area contributed by atoms with Gasteiger partial charge in [0.2, 0.25) is 28.7 Å². The molecule has 6 N–H and O–H groups in total. The molecule has 1 aliphatic carbocycles. The van der Waals surface area contributed by atoms with Gasteiger partial charge in [-0.05, 0) is 45.6 Å². The molecule has 0 aromatic heterocycles. The van der Waals surface area contributed by atoms with E-state index in [4.69, 9.17) is 18.9 Å². The molecule has 276 valence electrons. The summed E-state index contributed by atoms with van der Waals surface area (Å²) < 4.78 is 21.2. The molecule has 2 atom stereocenters. The topological polar surface area (TPSA) is 220 Å². The Morgan fingerprint density at radius 2 is 1.23 bits per heavy atom. The monoisotopic (exact) mass is 705 g/mol. The van der Waals surface area contributed by atoms with Gasteiger partial charge in [-0.2, -0.15) is 0 Å². The molecule has 1 aliphatic rings. The summed E-state index contributed by atoms with van der Waals surface area (Å²) in [4.78, 5) is 70.8. The van der Waals surface area contributed by atoms with E-state index in [1.807, 2.05) is 0 Å². The maximum atomic E-state index is 12.3. The van der Waals surface area contributed by atoms with E-state index in [-0.39, 0.29) is 119 Å². The highest BCUT2D eigenvalue weighted by atomic mass is 32.1. The number of thiol groups is 1. The van der Waals surface area contributed by atoms with E-state index >= 15 is 0 Å². The molecule has 1 saturated carbocycles. The van der Waals surface area contributed by atoms with E-state index in [1.165, 1.54) is 0 Å². The predicted molar refractivity (Wildman–Crippen MR) is 178 cm³/mol. The third kappa shape index (κ3) is 22.7. The zero-order chi connectivity index (χ0) is 35.4. The van der Waals surface area contributed by atoms with Crippen LogP contribution in [0, 0.1) is 5.92 Å². The molecule has 0 aliphatic heterocycles. The zero-order valence-corrected chi connectivity index (χ0v) is 29.0. The Balaban J connectivity index is 1.91. The van der Waals surface area contributed by atoms with Crippen LogP contribution in [0.1, 0.15) is 64.2 Å². The zero-order valence-electron chi connectivity index (χ0n) is 28.1. The Morgan fingerprint density at radius 3 is 1.77 bits per heavy atom. The van der Waals surface area contributed by atoms with Crippen molar-refractivity contribution < 1.29 is 52.8 Å². The van der Waals surface area contributed by atoms with Crippen LogP contribution >= 0.6 is 12.6 Å². The molecular weight excluding hydrogens is 650 g/mol. The number of unbranched alkanes of at least 4 members (excludes halogenated alkanes) is 1. The van der Waals surface area contributed by atoms with Gasteiger partial charge in [-0.15, -0.1) is 12.6 Å². The lowest BCUT2D eigenvalue weighted by molar-refractivity contribution is -0.143. The molecule has 0 bridgehead atoms. The van der Waals surface area contributed by atoms with Gasteiger partial charge >= 0.3 is 5.97 Å². The molecule has 0 saturated heterocycles. The first-order valence-electron chi connectivity index (χ1n) is 16.7. The summed E-state index contributed by atoms with van der Waals surface area (Å²) in [5, 5.41) is 22.7. The van der Waals surface area contributed by atoms with Crippen LogP contribution in [-0.2, 0) is 47.7 Å². The Labute approximate surface area is 288 Å². The first kappa shape index (κ1) is 43.2. The first-order chi connectivity index (χ1) is 23.1. The number of carboxylic acid groups (broad SMARTS) is 1. The number of carboxylic acids is 1. The molecule has 0 aromatic carbocycles. The van der Waals surface area contributed by atoms with Gasteiger partial charge in [0, 0.05) is 32.0 Å². The van der Waals surface area contributed by atoms with Gasteiger partial charge in [0.05, 0.1) is 45.7 Å². The molecule has 0 radical (unpaired) electrons. The minimum absolute atomic E-state index is 0.000481. The van der Waals surface area contributed by atoms with Crippen molar-refractivity contribution in [3.63, 3.8) is 0 Å². The normalized spacial score (nSPS) is 14.5. The number of amides is 4. The fourth-order valence-corrected chi connectivity index (χ4v) is 5.02. The third-order valence-corrected chi connectivity index (χ3v) is 7.80. The van der Waals surface area contributed by atoms with Crippen LogP contribution in [0.4, 0.5) is 0 Å². The number of nitrogens with one attached hydrogen (secondary N) is 5. The van der Waals surface area contributed by atoms with E-state index in [0.717, 1.165) is 44.9 Å². The second-order valence-corrected chi connectivity index (χ2v) is 11.8. The second kappa shape index (κ2) is 28.1. The molecule has 48 heavy (non-hydrogen) atoms. The maximum absolute atomic E-state index is 12.3. The van der Waals surface area contributed by atoms with E-state index in [0.29, 0.717) is 13.0 Å². The molecular formula is C31H55N5O11S. The van der Waals surface area contributed by atoms with Crippen molar-refractivity contribution in [2.75, 3.05) is 79.5 Å². The van der Waals surface area contributed by atoms with E-state index in [1.54, 1.807) is 7.05 Å². The number of ether oxygens (including phenoxy) is 4. The largest absolute Gasteiger partial charge is 0.480 e. The molecule has 4 amide bonds. The number of carbonyl (C=O) groups is 6. The molecule has 0 aromatic rings. The standard InChI is InChI=1S/C31H55N5O11S/c1-32-25(31(43)48)9-5-6-12-33-27(38)21-46-19-18-45-16-14-35-28(39)22-47-20-17-44-15-13-34-26(37)11-10-24(30(41)42)36-29(40)23-7-3-2-4-8-23/h23-25,32H,2-22H2,1H3,(H,33,38)(H,34,37)(H,35,39)(H,36,40)(H,41,42)(H,43,48). The van der Waals surface area contributed by atoms with Gasteiger partial charge in [0.1, 0.15) is 19.3 Å². The Hall–Kier alpha value is -2.83. The van der Waals surface area contributed by atoms with Gasteiger partial charge in [0.15, 0.2) is 0 Å². The average molecular weight is 706 g/mol. The molecule has 2 unspecified atom stereocenters. The molecule has 1 rings (SSSR count). The summed E-state index contributed by atoms with van der Waals surface area (Å²) in [6, 6.07) is -1.39. The summed E-state index contributed by atoms with van der Waals surface area (Å²) in [5.41, 5.74) is 0. The fourth-order valence-electron chi connectivity index (χ4n) is 4.76. The van der Waals surface area contributed by atoms with Crippen LogP contribution in [0.15, 0.2) is 0 Å². The van der Waals surface area contributed by atoms with Crippen molar-refractivity contribution in [2.45, 2.75) is 76.3 Å². The number of rotatable bonds is 29. The van der Waals surface area contributed by atoms with Crippen molar-refractivity contribution in [2.24, 2.45) is 5.92 Å². The highest BCUT2D eigenvalue weighted by Gasteiger charge is 2.26. The second-order valence-electron chi connectivity index (χ2n) is 11.3. The van der Waals surface area contributed by atoms with Crippen molar-refractivity contribution in [1.29, 1.82) is 0 Å². The lowest BCUT2D eigenvalue weighted by atomic mass is 9.88. The van der Waals surface area contributed by atoms with Crippen LogP contribution in [0.3, 0.4) is 0 Å². The number of carbonyl (C=O) groups excluding carboxylic acids is 5. The van der Waals surface area contributed by atoms with E-state index in [9.17, 15) is 33.9 Å². The quantitative estimate of drug-likeness (QED) is 0.0389. The highest BCUT2D eigenvalue weighted by Crippen LogP contribution is 2.23. The number of likely N-dealkylation sites (N-methyl/N-ethyl adjacent to an activating group) is 1. The molecule has 16 nitrogen and oxygen atoms in total. The first-order valence-corrected chi connectivity index (χ1v) is 17.1. The molecule has 17 heteroatoms. The summed E-state index contributed by atoms with van der Waals surface area (Å²) in [6.07, 6.45) is 6.68. The minimum atomic E-state index is -1.16. The fraction of sp³-hybridized carbons (Fsp3) is 0.806. The summed E-state index contributed by atoms with van der Waals surface area (Å²) in [7, 11) is 1.71. The molecule has 0 heterocycles. The smallest absolute Gasteiger partial charge is 0.326 e. The predicted octanol–water partition coefficient (Wildman–Crippen LogP) is -0.454. The van der Waals surface area contributed by atoms with E-state index < -0.39 is 12.0 Å². The van der Waals surface area contributed by atoms with Crippen molar-refractivity contribution in [1.82, 2.24) is 26.6 Å².